The standard InChI is InChI=1S/C11H11ClO2/c1-8(10(12)11(13)14-2)9-6-4-3-5-7-9/h3-7H,1-2H3/b10-8+. The smallest absolute Gasteiger partial charge is 0.349 e. The van der Waals surface area contributed by atoms with Crippen molar-refractivity contribution in [3.63, 3.8) is 0 Å². The lowest BCUT2D eigenvalue weighted by Gasteiger charge is -2.03. The van der Waals surface area contributed by atoms with Gasteiger partial charge >= 0.3 is 5.97 Å². The van der Waals surface area contributed by atoms with E-state index in [4.69, 9.17) is 11.6 Å². The molecule has 14 heavy (non-hydrogen) atoms. The van der Waals surface area contributed by atoms with Crippen LogP contribution in [0.3, 0.4) is 0 Å². The van der Waals surface area contributed by atoms with Gasteiger partial charge in [-0.2, -0.15) is 0 Å². The van der Waals surface area contributed by atoms with Crippen LogP contribution in [0.4, 0.5) is 0 Å². The predicted molar refractivity (Wildman–Crippen MR) is 56.9 cm³/mol. The van der Waals surface area contributed by atoms with E-state index in [-0.39, 0.29) is 5.03 Å². The predicted octanol–water partition coefficient (Wildman–Crippen LogP) is 2.83. The minimum atomic E-state index is -0.506. The quantitative estimate of drug-likeness (QED) is 0.554. The summed E-state index contributed by atoms with van der Waals surface area (Å²) in [6.07, 6.45) is 0. The average Bonchev–Trinajstić information content (AvgIpc) is 2.27. The van der Waals surface area contributed by atoms with Crippen molar-refractivity contribution in [2.75, 3.05) is 7.11 Å². The third-order valence-electron chi connectivity index (χ3n) is 1.90. The van der Waals surface area contributed by atoms with E-state index in [1.807, 2.05) is 30.3 Å². The molecule has 0 bridgehead atoms. The molecular weight excluding hydrogens is 200 g/mol. The zero-order valence-corrected chi connectivity index (χ0v) is 8.84. The van der Waals surface area contributed by atoms with Crippen LogP contribution in [0, 0.1) is 0 Å². The van der Waals surface area contributed by atoms with Gasteiger partial charge in [0, 0.05) is 0 Å². The molecule has 0 unspecified atom stereocenters. The molecule has 0 N–H and O–H groups in total. The van der Waals surface area contributed by atoms with Gasteiger partial charge in [0.15, 0.2) is 0 Å². The Morgan fingerprint density at radius 3 is 2.36 bits per heavy atom. The number of hydrogen-bond donors (Lipinski definition) is 0. The number of benzene rings is 1. The molecule has 3 heteroatoms. The summed E-state index contributed by atoms with van der Waals surface area (Å²) in [4.78, 5) is 11.1. The maximum Gasteiger partial charge on any atom is 0.349 e. The van der Waals surface area contributed by atoms with Crippen molar-refractivity contribution in [3.05, 3.63) is 40.9 Å². The fourth-order valence-corrected chi connectivity index (χ4v) is 1.24. The first kappa shape index (κ1) is 10.8. The first-order valence-electron chi connectivity index (χ1n) is 4.17. The zero-order chi connectivity index (χ0) is 10.6. The first-order valence-corrected chi connectivity index (χ1v) is 4.54. The van der Waals surface area contributed by atoms with E-state index in [9.17, 15) is 4.79 Å². The number of halogens is 1. The summed E-state index contributed by atoms with van der Waals surface area (Å²) >= 11 is 5.82. The molecule has 2 nitrogen and oxygen atoms in total. The van der Waals surface area contributed by atoms with Crippen molar-refractivity contribution in [2.45, 2.75) is 6.92 Å². The Hall–Kier alpha value is -1.28. The number of methoxy groups -OCH3 is 1. The number of carbonyl (C=O) groups excluding carboxylic acids is 1. The summed E-state index contributed by atoms with van der Waals surface area (Å²) < 4.78 is 4.53. The lowest BCUT2D eigenvalue weighted by atomic mass is 10.1. The van der Waals surface area contributed by atoms with Crippen LogP contribution in [0.5, 0.6) is 0 Å². The molecule has 0 saturated heterocycles. The molecule has 0 aliphatic heterocycles. The largest absolute Gasteiger partial charge is 0.465 e. The van der Waals surface area contributed by atoms with Crippen molar-refractivity contribution < 1.29 is 9.53 Å². The number of ether oxygens (including phenoxy) is 1. The van der Waals surface area contributed by atoms with Gasteiger partial charge in [-0.25, -0.2) is 4.79 Å². The van der Waals surface area contributed by atoms with Crippen LogP contribution in [-0.4, -0.2) is 13.1 Å². The van der Waals surface area contributed by atoms with E-state index < -0.39 is 5.97 Å². The lowest BCUT2D eigenvalue weighted by Crippen LogP contribution is -2.01. The van der Waals surface area contributed by atoms with Crippen molar-refractivity contribution in [1.82, 2.24) is 0 Å². The molecule has 0 fully saturated rings. The summed E-state index contributed by atoms with van der Waals surface area (Å²) in [5.74, 6) is -0.506. The Morgan fingerprint density at radius 1 is 1.29 bits per heavy atom. The molecule has 0 aromatic heterocycles. The monoisotopic (exact) mass is 210 g/mol. The van der Waals surface area contributed by atoms with Gasteiger partial charge in [-0.3, -0.25) is 0 Å². The highest BCUT2D eigenvalue weighted by Crippen LogP contribution is 2.21. The number of rotatable bonds is 2. The van der Waals surface area contributed by atoms with E-state index in [0.29, 0.717) is 0 Å². The molecule has 0 saturated carbocycles. The summed E-state index contributed by atoms with van der Waals surface area (Å²) in [6, 6.07) is 9.46. The molecule has 0 spiro atoms. The van der Waals surface area contributed by atoms with E-state index in [1.165, 1.54) is 7.11 Å². The summed E-state index contributed by atoms with van der Waals surface area (Å²) in [7, 11) is 1.31. The first-order chi connectivity index (χ1) is 6.66. The molecule has 0 amide bonds. The van der Waals surface area contributed by atoms with Gasteiger partial charge in [0.1, 0.15) is 5.03 Å². The molecule has 0 heterocycles. The van der Waals surface area contributed by atoms with Gasteiger partial charge in [0.05, 0.1) is 7.11 Å². The number of esters is 1. The number of carbonyl (C=O) groups is 1. The van der Waals surface area contributed by atoms with Crippen LogP contribution in [0.2, 0.25) is 0 Å². The third-order valence-corrected chi connectivity index (χ3v) is 2.34. The average molecular weight is 211 g/mol. The van der Waals surface area contributed by atoms with Crippen LogP contribution >= 0.6 is 11.6 Å². The van der Waals surface area contributed by atoms with E-state index in [1.54, 1.807) is 6.92 Å². The molecule has 0 aliphatic carbocycles. The maximum absolute atomic E-state index is 11.1. The minimum absolute atomic E-state index is 0.124. The van der Waals surface area contributed by atoms with Crippen molar-refractivity contribution in [1.29, 1.82) is 0 Å². The van der Waals surface area contributed by atoms with Gasteiger partial charge in [0.2, 0.25) is 0 Å². The van der Waals surface area contributed by atoms with Crippen LogP contribution in [0.1, 0.15) is 12.5 Å². The minimum Gasteiger partial charge on any atom is -0.465 e. The summed E-state index contributed by atoms with van der Waals surface area (Å²) in [6.45, 7) is 1.79. The van der Waals surface area contributed by atoms with Crippen LogP contribution < -0.4 is 0 Å². The molecule has 1 aromatic carbocycles. The third kappa shape index (κ3) is 2.36. The Morgan fingerprint density at radius 2 is 1.86 bits per heavy atom. The SMILES string of the molecule is COC(=O)/C(Cl)=C(/C)c1ccccc1. The topological polar surface area (TPSA) is 26.3 Å². The second-order valence-electron chi connectivity index (χ2n) is 2.80. The van der Waals surface area contributed by atoms with Crippen molar-refractivity contribution in [3.8, 4) is 0 Å². The second kappa shape index (κ2) is 4.82. The molecule has 74 valence electrons. The van der Waals surface area contributed by atoms with Crippen molar-refractivity contribution in [2.24, 2.45) is 0 Å². The van der Waals surface area contributed by atoms with Gasteiger partial charge in [-0.15, -0.1) is 0 Å². The number of hydrogen-bond acceptors (Lipinski definition) is 2. The van der Waals surface area contributed by atoms with Gasteiger partial charge in [0.25, 0.3) is 0 Å². The molecule has 0 aliphatic rings. The molecule has 1 aromatic rings. The highest BCUT2D eigenvalue weighted by molar-refractivity contribution is 6.44. The van der Waals surface area contributed by atoms with E-state index >= 15 is 0 Å². The van der Waals surface area contributed by atoms with Gasteiger partial charge in [-0.1, -0.05) is 41.9 Å². The Labute approximate surface area is 88.1 Å². The van der Waals surface area contributed by atoms with Crippen LogP contribution in [-0.2, 0) is 9.53 Å². The highest BCUT2D eigenvalue weighted by Gasteiger charge is 2.10. The lowest BCUT2D eigenvalue weighted by molar-refractivity contribution is -0.135. The Balaban J connectivity index is 3.05. The van der Waals surface area contributed by atoms with Gasteiger partial charge in [-0.05, 0) is 18.1 Å². The van der Waals surface area contributed by atoms with Crippen LogP contribution in [0.25, 0.3) is 5.57 Å². The van der Waals surface area contributed by atoms with Crippen molar-refractivity contribution >= 4 is 23.1 Å². The van der Waals surface area contributed by atoms with Crippen LogP contribution in [0.15, 0.2) is 35.4 Å². The highest BCUT2D eigenvalue weighted by atomic mass is 35.5. The fourth-order valence-electron chi connectivity index (χ4n) is 1.06. The second-order valence-corrected chi connectivity index (χ2v) is 3.17. The molecule has 0 atom stereocenters. The molecular formula is C11H11ClO2. The van der Waals surface area contributed by atoms with E-state index in [0.717, 1.165) is 11.1 Å². The number of allylic oxidation sites excluding steroid dienone is 1. The Kier molecular flexibility index (Phi) is 3.72. The Bertz CT molecular complexity index is 355. The van der Waals surface area contributed by atoms with E-state index in [2.05, 4.69) is 4.74 Å². The van der Waals surface area contributed by atoms with Gasteiger partial charge < -0.3 is 4.74 Å². The molecule has 1 rings (SSSR count). The molecule has 0 radical (unpaired) electrons. The zero-order valence-electron chi connectivity index (χ0n) is 8.08. The normalized spacial score (nSPS) is 11.9. The summed E-state index contributed by atoms with van der Waals surface area (Å²) in [5.41, 5.74) is 1.64. The maximum atomic E-state index is 11.1. The fraction of sp³-hybridized carbons (Fsp3) is 0.182. The summed E-state index contributed by atoms with van der Waals surface area (Å²) in [5, 5.41) is 0.124.